The van der Waals surface area contributed by atoms with Gasteiger partial charge >= 0.3 is 5.97 Å². The lowest BCUT2D eigenvalue weighted by Crippen LogP contribution is -2.07. The number of aryl methyl sites for hydroxylation is 1. The second kappa shape index (κ2) is 4.49. The zero-order valence-corrected chi connectivity index (χ0v) is 9.82. The molecule has 0 heterocycles. The third-order valence-electron chi connectivity index (χ3n) is 2.91. The van der Waals surface area contributed by atoms with Gasteiger partial charge in [0.05, 0.1) is 14.2 Å². The molecule has 1 aliphatic rings. The largest absolute Gasteiger partial charge is 0.493 e. The normalized spacial score (nSPS) is 13.6. The lowest BCUT2D eigenvalue weighted by molar-refractivity contribution is -0.132. The number of aliphatic carboxylic acids is 1. The van der Waals surface area contributed by atoms with Crippen molar-refractivity contribution in [1.29, 1.82) is 0 Å². The van der Waals surface area contributed by atoms with Crippen LogP contribution < -0.4 is 9.47 Å². The molecule has 0 bridgehead atoms. The molecule has 0 aliphatic heterocycles. The first-order valence-corrected chi connectivity index (χ1v) is 5.34. The fourth-order valence-corrected chi connectivity index (χ4v) is 1.99. The smallest absolute Gasteiger partial charge is 0.331 e. The lowest BCUT2D eigenvalue weighted by atomic mass is 9.92. The number of carboxylic acid groups (broad SMARTS) is 1. The van der Waals surface area contributed by atoms with Crippen LogP contribution in [0.4, 0.5) is 0 Å². The quantitative estimate of drug-likeness (QED) is 0.870. The van der Waals surface area contributed by atoms with E-state index in [1.165, 1.54) is 0 Å². The summed E-state index contributed by atoms with van der Waals surface area (Å²) in [6.07, 6.45) is 2.97. The Balaban J connectivity index is 2.49. The van der Waals surface area contributed by atoms with Gasteiger partial charge in [-0.1, -0.05) is 0 Å². The summed E-state index contributed by atoms with van der Waals surface area (Å²) >= 11 is 0. The van der Waals surface area contributed by atoms with Gasteiger partial charge in [-0.15, -0.1) is 0 Å². The van der Waals surface area contributed by atoms with E-state index < -0.39 is 5.97 Å². The topological polar surface area (TPSA) is 55.8 Å². The first kappa shape index (κ1) is 11.5. The van der Waals surface area contributed by atoms with Gasteiger partial charge in [0.15, 0.2) is 11.5 Å². The van der Waals surface area contributed by atoms with Gasteiger partial charge in [-0.2, -0.15) is 0 Å². The summed E-state index contributed by atoms with van der Waals surface area (Å²) in [5.74, 6) is 0.443. The van der Waals surface area contributed by atoms with Gasteiger partial charge in [-0.05, 0) is 42.2 Å². The van der Waals surface area contributed by atoms with E-state index in [9.17, 15) is 4.79 Å². The van der Waals surface area contributed by atoms with E-state index in [1.807, 2.05) is 12.1 Å². The molecule has 2 rings (SSSR count). The van der Waals surface area contributed by atoms with Gasteiger partial charge in [-0.3, -0.25) is 0 Å². The van der Waals surface area contributed by atoms with Crippen LogP contribution in [0.3, 0.4) is 0 Å². The predicted octanol–water partition coefficient (Wildman–Crippen LogP) is 2.12. The van der Waals surface area contributed by atoms with Crippen LogP contribution in [0.15, 0.2) is 17.7 Å². The van der Waals surface area contributed by atoms with Gasteiger partial charge in [0.25, 0.3) is 0 Å². The maximum absolute atomic E-state index is 10.9. The molecule has 90 valence electrons. The van der Waals surface area contributed by atoms with Crippen LogP contribution >= 0.6 is 0 Å². The molecule has 0 saturated carbocycles. The van der Waals surface area contributed by atoms with Gasteiger partial charge in [-0.25, -0.2) is 4.79 Å². The van der Waals surface area contributed by atoms with Crippen molar-refractivity contribution in [3.8, 4) is 11.5 Å². The van der Waals surface area contributed by atoms with Crippen LogP contribution in [-0.2, 0) is 11.2 Å². The molecule has 4 heteroatoms. The molecule has 0 atom stereocenters. The van der Waals surface area contributed by atoms with Crippen LogP contribution in [0.1, 0.15) is 17.5 Å². The molecule has 0 radical (unpaired) electrons. The van der Waals surface area contributed by atoms with Crippen molar-refractivity contribution < 1.29 is 19.4 Å². The van der Waals surface area contributed by atoms with Crippen LogP contribution in [-0.4, -0.2) is 25.3 Å². The fourth-order valence-electron chi connectivity index (χ4n) is 1.99. The van der Waals surface area contributed by atoms with E-state index in [0.29, 0.717) is 29.9 Å². The standard InChI is InChI=1S/C13H14O4/c1-16-11-6-8-3-4-9(13(14)15)5-10(8)7-12(11)17-2/h5-7H,3-4H2,1-2H3,(H,14,15). The second-order valence-electron chi connectivity index (χ2n) is 3.88. The zero-order chi connectivity index (χ0) is 12.4. The zero-order valence-electron chi connectivity index (χ0n) is 9.82. The van der Waals surface area contributed by atoms with Gasteiger partial charge in [0, 0.05) is 5.57 Å². The van der Waals surface area contributed by atoms with Gasteiger partial charge < -0.3 is 14.6 Å². The Kier molecular flexibility index (Phi) is 3.04. The van der Waals surface area contributed by atoms with Crippen LogP contribution in [0.2, 0.25) is 0 Å². The van der Waals surface area contributed by atoms with Crippen LogP contribution in [0.5, 0.6) is 11.5 Å². The lowest BCUT2D eigenvalue weighted by Gasteiger charge is -2.17. The Bertz CT molecular complexity index is 488. The highest BCUT2D eigenvalue weighted by atomic mass is 16.5. The molecule has 0 fully saturated rings. The SMILES string of the molecule is COc1cc2c(cc1OC)CCC(C(=O)O)=C2. The molecule has 4 nitrogen and oxygen atoms in total. The molecule has 1 aromatic carbocycles. The first-order valence-electron chi connectivity index (χ1n) is 5.34. The Morgan fingerprint density at radius 1 is 1.18 bits per heavy atom. The Labute approximate surface area is 99.5 Å². The summed E-state index contributed by atoms with van der Waals surface area (Å²) < 4.78 is 10.4. The number of hydrogen-bond donors (Lipinski definition) is 1. The first-order chi connectivity index (χ1) is 8.15. The highest BCUT2D eigenvalue weighted by Gasteiger charge is 2.18. The number of carbonyl (C=O) groups is 1. The van der Waals surface area contributed by atoms with E-state index in [2.05, 4.69) is 0 Å². The van der Waals surface area contributed by atoms with Gasteiger partial charge in [0.1, 0.15) is 0 Å². The maximum atomic E-state index is 10.9. The van der Waals surface area contributed by atoms with E-state index in [4.69, 9.17) is 14.6 Å². The summed E-state index contributed by atoms with van der Waals surface area (Å²) in [6, 6.07) is 3.72. The molecule has 0 aromatic heterocycles. The molecule has 17 heavy (non-hydrogen) atoms. The van der Waals surface area contributed by atoms with E-state index in [0.717, 1.165) is 11.1 Å². The highest BCUT2D eigenvalue weighted by molar-refractivity contribution is 5.93. The van der Waals surface area contributed by atoms with Crippen molar-refractivity contribution >= 4 is 12.0 Å². The average Bonchev–Trinajstić information content (AvgIpc) is 2.36. The van der Waals surface area contributed by atoms with Crippen molar-refractivity contribution in [2.45, 2.75) is 12.8 Å². The summed E-state index contributed by atoms with van der Waals surface area (Å²) in [4.78, 5) is 10.9. The molecule has 0 unspecified atom stereocenters. The highest BCUT2D eigenvalue weighted by Crippen LogP contribution is 2.34. The number of carboxylic acids is 1. The van der Waals surface area contributed by atoms with Crippen LogP contribution in [0, 0.1) is 0 Å². The van der Waals surface area contributed by atoms with E-state index in [1.54, 1.807) is 20.3 Å². The molecular weight excluding hydrogens is 220 g/mol. The number of hydrogen-bond acceptors (Lipinski definition) is 3. The second-order valence-corrected chi connectivity index (χ2v) is 3.88. The molecule has 0 saturated heterocycles. The summed E-state index contributed by atoms with van der Waals surface area (Å²) in [6.45, 7) is 0. The maximum Gasteiger partial charge on any atom is 0.331 e. The van der Waals surface area contributed by atoms with Crippen molar-refractivity contribution in [2.24, 2.45) is 0 Å². The molecule has 0 spiro atoms. The van der Waals surface area contributed by atoms with Crippen molar-refractivity contribution in [2.75, 3.05) is 14.2 Å². The summed E-state index contributed by atoms with van der Waals surface area (Å²) in [5, 5.41) is 8.97. The minimum atomic E-state index is -0.856. The fraction of sp³-hybridized carbons (Fsp3) is 0.308. The van der Waals surface area contributed by atoms with Crippen molar-refractivity contribution in [1.82, 2.24) is 0 Å². The predicted molar refractivity (Wildman–Crippen MR) is 63.5 cm³/mol. The monoisotopic (exact) mass is 234 g/mol. The number of ether oxygens (including phenoxy) is 2. The Morgan fingerprint density at radius 3 is 2.41 bits per heavy atom. The summed E-state index contributed by atoms with van der Waals surface area (Å²) in [5.41, 5.74) is 2.42. The van der Waals surface area contributed by atoms with Crippen molar-refractivity contribution in [3.05, 3.63) is 28.8 Å². The van der Waals surface area contributed by atoms with Crippen LogP contribution in [0.25, 0.3) is 6.08 Å². The summed E-state index contributed by atoms with van der Waals surface area (Å²) in [7, 11) is 3.15. The average molecular weight is 234 g/mol. The Morgan fingerprint density at radius 2 is 1.82 bits per heavy atom. The van der Waals surface area contributed by atoms with E-state index >= 15 is 0 Å². The minimum absolute atomic E-state index is 0.435. The molecular formula is C13H14O4. The molecule has 1 aromatic rings. The van der Waals surface area contributed by atoms with E-state index in [-0.39, 0.29) is 0 Å². The third-order valence-corrected chi connectivity index (χ3v) is 2.91. The number of methoxy groups -OCH3 is 2. The number of rotatable bonds is 3. The molecule has 1 aliphatic carbocycles. The third kappa shape index (κ3) is 2.11. The number of fused-ring (bicyclic) bond motifs is 1. The minimum Gasteiger partial charge on any atom is -0.493 e. The molecule has 0 amide bonds. The van der Waals surface area contributed by atoms with Crippen molar-refractivity contribution in [3.63, 3.8) is 0 Å². The Hall–Kier alpha value is -1.97. The number of benzene rings is 1. The van der Waals surface area contributed by atoms with Gasteiger partial charge in [0.2, 0.25) is 0 Å². The molecule has 1 N–H and O–H groups in total.